The molecule has 0 spiro atoms. The predicted molar refractivity (Wildman–Crippen MR) is 87.1 cm³/mol. The van der Waals surface area contributed by atoms with Crippen LogP contribution < -0.4 is 10.6 Å². The number of likely N-dealkylation sites (N-methyl/N-ethyl adjacent to an activating group) is 2. The number of halogens is 1. The highest BCUT2D eigenvalue weighted by atomic mass is 127. The number of hydrogen-bond donors (Lipinski definition) is 1. The van der Waals surface area contributed by atoms with E-state index in [-0.39, 0.29) is 0 Å². The van der Waals surface area contributed by atoms with E-state index in [1.54, 1.807) is 0 Å². The van der Waals surface area contributed by atoms with Crippen LogP contribution in [0.2, 0.25) is 0 Å². The first-order chi connectivity index (χ1) is 8.44. The molecule has 1 fully saturated rings. The lowest BCUT2D eigenvalue weighted by Gasteiger charge is -2.49. The second-order valence-corrected chi connectivity index (χ2v) is 6.70. The fourth-order valence-electron chi connectivity index (χ4n) is 2.69. The van der Waals surface area contributed by atoms with E-state index < -0.39 is 0 Å². The van der Waals surface area contributed by atoms with Crippen LogP contribution in [-0.2, 0) is 0 Å². The van der Waals surface area contributed by atoms with Gasteiger partial charge in [0.25, 0.3) is 0 Å². The van der Waals surface area contributed by atoms with Crippen LogP contribution in [0.4, 0.5) is 11.4 Å². The Bertz CT molecular complexity index is 427. The number of hydrogen-bond acceptors (Lipinski definition) is 3. The van der Waals surface area contributed by atoms with Gasteiger partial charge in [0.05, 0.1) is 5.69 Å². The smallest absolute Gasteiger partial charge is 0.0501 e. The highest BCUT2D eigenvalue weighted by Gasteiger charge is 2.40. The van der Waals surface area contributed by atoms with Gasteiger partial charge in [-0.05, 0) is 74.1 Å². The first-order valence-electron chi connectivity index (χ1n) is 6.38. The number of rotatable bonds is 4. The summed E-state index contributed by atoms with van der Waals surface area (Å²) >= 11 is 2.36. The number of nitrogen functional groups attached to an aromatic ring is 1. The zero-order valence-corrected chi connectivity index (χ0v) is 13.6. The molecule has 0 heterocycles. The molecule has 2 N–H and O–H groups in total. The number of nitrogens with zero attached hydrogens (tertiary/aromatic N) is 2. The molecule has 2 rings (SSSR count). The topological polar surface area (TPSA) is 32.5 Å². The van der Waals surface area contributed by atoms with Gasteiger partial charge in [-0.1, -0.05) is 0 Å². The van der Waals surface area contributed by atoms with Crippen LogP contribution in [0.1, 0.15) is 19.3 Å². The summed E-state index contributed by atoms with van der Waals surface area (Å²) in [4.78, 5) is 4.75. The van der Waals surface area contributed by atoms with Gasteiger partial charge < -0.3 is 15.5 Å². The van der Waals surface area contributed by atoms with Crippen LogP contribution in [0, 0.1) is 3.57 Å². The van der Waals surface area contributed by atoms with E-state index in [0.29, 0.717) is 5.54 Å². The molecule has 0 aromatic heterocycles. The summed E-state index contributed by atoms with van der Waals surface area (Å²) in [7, 11) is 6.57. The van der Waals surface area contributed by atoms with Crippen molar-refractivity contribution in [3.05, 3.63) is 21.8 Å². The molecule has 1 aliphatic rings. The predicted octanol–water partition coefficient (Wildman–Crippen LogP) is 2.79. The van der Waals surface area contributed by atoms with Crippen LogP contribution in [0.25, 0.3) is 0 Å². The quantitative estimate of drug-likeness (QED) is 0.663. The number of benzene rings is 1. The van der Waals surface area contributed by atoms with Crippen molar-refractivity contribution in [2.75, 3.05) is 38.3 Å². The van der Waals surface area contributed by atoms with Crippen molar-refractivity contribution in [3.63, 3.8) is 0 Å². The average molecular weight is 359 g/mol. The molecular weight excluding hydrogens is 337 g/mol. The van der Waals surface area contributed by atoms with Crippen LogP contribution in [-0.4, -0.2) is 38.1 Å². The Morgan fingerprint density at radius 1 is 1.28 bits per heavy atom. The molecule has 0 aliphatic heterocycles. The van der Waals surface area contributed by atoms with E-state index in [4.69, 9.17) is 5.73 Å². The van der Waals surface area contributed by atoms with E-state index in [1.165, 1.54) is 28.5 Å². The number of anilines is 2. The number of nitrogens with two attached hydrogens (primary N) is 1. The summed E-state index contributed by atoms with van der Waals surface area (Å²) in [6.07, 6.45) is 3.95. The third kappa shape index (κ3) is 2.59. The summed E-state index contributed by atoms with van der Waals surface area (Å²) in [6, 6.07) is 6.14. The minimum absolute atomic E-state index is 0.360. The Morgan fingerprint density at radius 2 is 1.94 bits per heavy atom. The van der Waals surface area contributed by atoms with E-state index in [1.807, 2.05) is 12.1 Å². The highest BCUT2D eigenvalue weighted by molar-refractivity contribution is 14.1. The van der Waals surface area contributed by atoms with Crippen molar-refractivity contribution < 1.29 is 0 Å². The van der Waals surface area contributed by atoms with Crippen molar-refractivity contribution in [2.24, 2.45) is 0 Å². The Balaban J connectivity index is 2.14. The van der Waals surface area contributed by atoms with Gasteiger partial charge in [0.1, 0.15) is 0 Å². The standard InChI is InChI=1S/C14H22IN3/c1-17(2)14(7-4-8-14)10-18(3)13-6-5-11(16)9-12(13)15/h5-6,9H,4,7-8,10,16H2,1-3H3. The van der Waals surface area contributed by atoms with Crippen molar-refractivity contribution in [2.45, 2.75) is 24.8 Å². The first-order valence-corrected chi connectivity index (χ1v) is 7.46. The molecule has 18 heavy (non-hydrogen) atoms. The summed E-state index contributed by atoms with van der Waals surface area (Å²) < 4.78 is 1.23. The maximum Gasteiger partial charge on any atom is 0.0501 e. The van der Waals surface area contributed by atoms with Gasteiger partial charge in [0.15, 0.2) is 0 Å². The van der Waals surface area contributed by atoms with Crippen LogP contribution in [0.15, 0.2) is 18.2 Å². The third-order valence-electron chi connectivity index (χ3n) is 4.15. The lowest BCUT2D eigenvalue weighted by molar-refractivity contribution is 0.0683. The summed E-state index contributed by atoms with van der Waals surface area (Å²) in [5, 5.41) is 0. The molecule has 0 atom stereocenters. The Kier molecular flexibility index (Phi) is 4.06. The van der Waals surface area contributed by atoms with Crippen molar-refractivity contribution >= 4 is 34.0 Å². The maximum absolute atomic E-state index is 5.81. The summed E-state index contributed by atoms with van der Waals surface area (Å²) in [6.45, 7) is 1.08. The molecule has 0 saturated heterocycles. The van der Waals surface area contributed by atoms with Gasteiger partial charge in [0.2, 0.25) is 0 Å². The minimum atomic E-state index is 0.360. The largest absolute Gasteiger partial charge is 0.399 e. The zero-order valence-electron chi connectivity index (χ0n) is 11.4. The zero-order chi connectivity index (χ0) is 13.3. The SMILES string of the molecule is CN(CC1(N(C)C)CCC1)c1ccc(N)cc1I. The van der Waals surface area contributed by atoms with E-state index >= 15 is 0 Å². The third-order valence-corrected chi connectivity index (χ3v) is 5.01. The molecule has 1 aromatic carbocycles. The molecule has 4 heteroatoms. The Labute approximate surface area is 123 Å². The minimum Gasteiger partial charge on any atom is -0.399 e. The molecule has 3 nitrogen and oxygen atoms in total. The molecule has 1 aliphatic carbocycles. The summed E-state index contributed by atoms with van der Waals surface area (Å²) in [5.41, 5.74) is 8.28. The van der Waals surface area contributed by atoms with Gasteiger partial charge in [-0.25, -0.2) is 0 Å². The lowest BCUT2D eigenvalue weighted by atomic mass is 9.75. The van der Waals surface area contributed by atoms with E-state index in [9.17, 15) is 0 Å². The van der Waals surface area contributed by atoms with Crippen molar-refractivity contribution in [3.8, 4) is 0 Å². The molecule has 100 valence electrons. The molecular formula is C14H22IN3. The van der Waals surface area contributed by atoms with Crippen molar-refractivity contribution in [1.29, 1.82) is 0 Å². The molecule has 0 unspecified atom stereocenters. The second kappa shape index (κ2) is 5.25. The van der Waals surface area contributed by atoms with E-state index in [0.717, 1.165) is 12.2 Å². The van der Waals surface area contributed by atoms with Gasteiger partial charge in [-0.15, -0.1) is 0 Å². The molecule has 0 bridgehead atoms. The van der Waals surface area contributed by atoms with Gasteiger partial charge in [0, 0.05) is 28.4 Å². The molecule has 0 amide bonds. The van der Waals surface area contributed by atoms with Gasteiger partial charge in [-0.2, -0.15) is 0 Å². The van der Waals surface area contributed by atoms with Crippen LogP contribution >= 0.6 is 22.6 Å². The van der Waals surface area contributed by atoms with Gasteiger partial charge >= 0.3 is 0 Å². The van der Waals surface area contributed by atoms with Gasteiger partial charge in [-0.3, -0.25) is 0 Å². The maximum atomic E-state index is 5.81. The normalized spacial score (nSPS) is 17.6. The molecule has 1 saturated carbocycles. The highest BCUT2D eigenvalue weighted by Crippen LogP contribution is 2.38. The Morgan fingerprint density at radius 3 is 2.39 bits per heavy atom. The molecule has 1 aromatic rings. The fraction of sp³-hybridized carbons (Fsp3) is 0.571. The van der Waals surface area contributed by atoms with Crippen molar-refractivity contribution in [1.82, 2.24) is 4.90 Å². The Hall–Kier alpha value is -0.490. The van der Waals surface area contributed by atoms with Crippen LogP contribution in [0.5, 0.6) is 0 Å². The fourth-order valence-corrected chi connectivity index (χ4v) is 3.64. The molecule has 0 radical (unpaired) electrons. The first kappa shape index (κ1) is 13.9. The lowest BCUT2D eigenvalue weighted by Crippen LogP contribution is -2.56. The monoisotopic (exact) mass is 359 g/mol. The van der Waals surface area contributed by atoms with Crippen LogP contribution in [0.3, 0.4) is 0 Å². The van der Waals surface area contributed by atoms with E-state index in [2.05, 4.69) is 59.6 Å². The second-order valence-electron chi connectivity index (χ2n) is 5.54. The summed E-state index contributed by atoms with van der Waals surface area (Å²) in [5.74, 6) is 0. The average Bonchev–Trinajstić information content (AvgIpc) is 2.22.